The van der Waals surface area contributed by atoms with Gasteiger partial charge < -0.3 is 0 Å². The normalized spacial score (nSPS) is 15.7. The van der Waals surface area contributed by atoms with Crippen molar-refractivity contribution >= 4 is 68.4 Å². The molecule has 4 aromatic rings. The van der Waals surface area contributed by atoms with Crippen LogP contribution in [0.2, 0.25) is 5.02 Å². The standard InChI is InChI=1S/C26H17ClN4O3S2/c27-22-9-5-4-6-18(22)15-21-16-28-25(35-21)29-26-30(19-7-2-1-3-8-19)24(32)23(36-26)14-17-10-12-20(13-11-17)31(33)34/h1-14,16H,15H2/b23-14-,29-26-. The number of amides is 1. The molecule has 1 aliphatic heterocycles. The highest BCUT2D eigenvalue weighted by Gasteiger charge is 2.35. The minimum atomic E-state index is -0.456. The van der Waals surface area contributed by atoms with Crippen LogP contribution < -0.4 is 4.90 Å². The predicted octanol–water partition coefficient (Wildman–Crippen LogP) is 7.10. The second kappa shape index (κ2) is 10.4. The van der Waals surface area contributed by atoms with Crippen LogP contribution in [0.3, 0.4) is 0 Å². The van der Waals surface area contributed by atoms with Gasteiger partial charge in [0.1, 0.15) is 0 Å². The first-order valence-corrected chi connectivity index (χ1v) is 12.8. The van der Waals surface area contributed by atoms with E-state index in [9.17, 15) is 14.9 Å². The van der Waals surface area contributed by atoms with Crippen LogP contribution >= 0.6 is 34.7 Å². The third-order valence-corrected chi connectivity index (χ3v) is 7.51. The van der Waals surface area contributed by atoms with E-state index >= 15 is 0 Å². The Morgan fingerprint density at radius 3 is 2.47 bits per heavy atom. The summed E-state index contributed by atoms with van der Waals surface area (Å²) in [5, 5.41) is 12.7. The van der Waals surface area contributed by atoms with Gasteiger partial charge in [-0.1, -0.05) is 59.3 Å². The number of nitro groups is 1. The number of aliphatic imine (C=N–C) groups is 1. The highest BCUT2D eigenvalue weighted by Crippen LogP contribution is 2.38. The number of amidine groups is 1. The van der Waals surface area contributed by atoms with Gasteiger partial charge >= 0.3 is 0 Å². The molecule has 3 aromatic carbocycles. The number of carbonyl (C=O) groups excluding carboxylic acids is 1. The van der Waals surface area contributed by atoms with Crippen molar-refractivity contribution in [3.8, 4) is 0 Å². The summed E-state index contributed by atoms with van der Waals surface area (Å²) in [4.78, 5) is 36.0. The molecule has 10 heteroatoms. The lowest BCUT2D eigenvalue weighted by atomic mass is 10.1. The van der Waals surface area contributed by atoms with Gasteiger partial charge in [-0.05, 0) is 59.3 Å². The first kappa shape index (κ1) is 23.9. The van der Waals surface area contributed by atoms with Gasteiger partial charge in [0.25, 0.3) is 11.6 Å². The SMILES string of the molecule is O=C1/C(=C/c2ccc([N+](=O)[O-])cc2)S/C(=N\c2ncc(Cc3ccccc3Cl)s2)N1c1ccccc1. The molecule has 36 heavy (non-hydrogen) atoms. The van der Waals surface area contributed by atoms with Crippen molar-refractivity contribution in [3.05, 3.63) is 121 Å². The van der Waals surface area contributed by atoms with Crippen molar-refractivity contribution in [1.82, 2.24) is 4.98 Å². The number of hydrogen-bond acceptors (Lipinski definition) is 7. The molecule has 0 radical (unpaired) electrons. The minimum absolute atomic E-state index is 0.00733. The Hall–Kier alpha value is -3.79. The van der Waals surface area contributed by atoms with Gasteiger partial charge in [-0.25, -0.2) is 4.98 Å². The van der Waals surface area contributed by atoms with Gasteiger partial charge in [0.05, 0.1) is 15.5 Å². The van der Waals surface area contributed by atoms with Crippen LogP contribution in [0.4, 0.5) is 16.5 Å². The van der Waals surface area contributed by atoms with Crippen molar-refractivity contribution in [2.45, 2.75) is 6.42 Å². The third-order valence-electron chi connectivity index (χ3n) is 5.28. The lowest BCUT2D eigenvalue weighted by Crippen LogP contribution is -2.28. The predicted molar refractivity (Wildman–Crippen MR) is 146 cm³/mol. The maximum Gasteiger partial charge on any atom is 0.271 e. The molecule has 5 rings (SSSR count). The number of benzene rings is 3. The van der Waals surface area contributed by atoms with E-state index in [1.54, 1.807) is 29.3 Å². The summed E-state index contributed by atoms with van der Waals surface area (Å²) in [6.07, 6.45) is 4.12. The molecule has 178 valence electrons. The molecule has 0 unspecified atom stereocenters. The third kappa shape index (κ3) is 5.23. The molecule has 7 nitrogen and oxygen atoms in total. The van der Waals surface area contributed by atoms with E-state index in [1.807, 2.05) is 54.6 Å². The maximum absolute atomic E-state index is 13.4. The van der Waals surface area contributed by atoms with Gasteiger partial charge in [0, 0.05) is 34.7 Å². The Kier molecular flexibility index (Phi) is 6.95. The summed E-state index contributed by atoms with van der Waals surface area (Å²) in [7, 11) is 0. The van der Waals surface area contributed by atoms with Crippen molar-refractivity contribution in [3.63, 3.8) is 0 Å². The van der Waals surface area contributed by atoms with E-state index < -0.39 is 4.92 Å². The van der Waals surface area contributed by atoms with Crippen molar-refractivity contribution in [2.24, 2.45) is 4.99 Å². The zero-order valence-electron chi connectivity index (χ0n) is 18.6. The van der Waals surface area contributed by atoms with Crippen LogP contribution in [0, 0.1) is 10.1 Å². The lowest BCUT2D eigenvalue weighted by molar-refractivity contribution is -0.384. The average molecular weight is 533 g/mol. The maximum atomic E-state index is 13.4. The molecule has 1 fully saturated rings. The fourth-order valence-electron chi connectivity index (χ4n) is 3.54. The fraction of sp³-hybridized carbons (Fsp3) is 0.0385. The molecule has 0 atom stereocenters. The zero-order valence-corrected chi connectivity index (χ0v) is 21.0. The number of nitrogens with zero attached hydrogens (tertiary/aromatic N) is 4. The zero-order chi connectivity index (χ0) is 25.1. The number of thioether (sulfide) groups is 1. The van der Waals surface area contributed by atoms with E-state index in [-0.39, 0.29) is 11.6 Å². The van der Waals surface area contributed by atoms with Crippen LogP contribution in [-0.2, 0) is 11.2 Å². The van der Waals surface area contributed by atoms with Gasteiger partial charge in [-0.15, -0.1) is 0 Å². The second-order valence-corrected chi connectivity index (χ2v) is 10.2. The number of rotatable bonds is 6. The smallest absolute Gasteiger partial charge is 0.268 e. The minimum Gasteiger partial charge on any atom is -0.268 e. The molecule has 0 spiro atoms. The van der Waals surface area contributed by atoms with Crippen molar-refractivity contribution in [2.75, 3.05) is 4.90 Å². The van der Waals surface area contributed by atoms with Gasteiger partial charge in [-0.2, -0.15) is 4.99 Å². The number of anilines is 1. The molecule has 0 N–H and O–H groups in total. The average Bonchev–Trinajstić information content (AvgIpc) is 3.45. The van der Waals surface area contributed by atoms with Crippen LogP contribution in [0.15, 0.2) is 95.0 Å². The number of aromatic nitrogens is 1. The number of carbonyl (C=O) groups is 1. The van der Waals surface area contributed by atoms with E-state index in [2.05, 4.69) is 4.98 Å². The quantitative estimate of drug-likeness (QED) is 0.150. The van der Waals surface area contributed by atoms with Crippen LogP contribution in [-0.4, -0.2) is 21.0 Å². The Morgan fingerprint density at radius 1 is 1.03 bits per heavy atom. The Labute approximate surface area is 219 Å². The summed E-state index contributed by atoms with van der Waals surface area (Å²) in [5.74, 6) is -0.226. The molecular formula is C26H17ClN4O3S2. The number of non-ortho nitro benzene ring substituents is 1. The van der Waals surface area contributed by atoms with E-state index in [1.165, 1.54) is 35.2 Å². The second-order valence-electron chi connectivity index (χ2n) is 7.71. The summed E-state index contributed by atoms with van der Waals surface area (Å²) >= 11 is 8.97. The molecule has 0 bridgehead atoms. The van der Waals surface area contributed by atoms with Crippen LogP contribution in [0.5, 0.6) is 0 Å². The number of para-hydroxylation sites is 1. The molecule has 1 saturated heterocycles. The molecule has 0 aliphatic carbocycles. The molecular weight excluding hydrogens is 516 g/mol. The summed E-state index contributed by atoms with van der Waals surface area (Å²) in [5.41, 5.74) is 2.37. The lowest BCUT2D eigenvalue weighted by Gasteiger charge is -2.14. The molecule has 1 aromatic heterocycles. The monoisotopic (exact) mass is 532 g/mol. The Morgan fingerprint density at radius 2 is 1.75 bits per heavy atom. The van der Waals surface area contributed by atoms with Gasteiger partial charge in [0.2, 0.25) is 5.13 Å². The highest BCUT2D eigenvalue weighted by molar-refractivity contribution is 8.19. The fourth-order valence-corrected chi connectivity index (χ4v) is 5.59. The molecule has 1 amide bonds. The van der Waals surface area contributed by atoms with E-state index in [4.69, 9.17) is 16.6 Å². The summed E-state index contributed by atoms with van der Waals surface area (Å²) in [6, 6.07) is 23.0. The first-order valence-electron chi connectivity index (χ1n) is 10.8. The Bertz CT molecular complexity index is 1500. The topological polar surface area (TPSA) is 88.7 Å². The molecule has 1 aliphatic rings. The number of hydrogen-bond donors (Lipinski definition) is 0. The van der Waals surface area contributed by atoms with E-state index in [0.717, 1.165) is 10.4 Å². The largest absolute Gasteiger partial charge is 0.271 e. The van der Waals surface area contributed by atoms with Gasteiger partial charge in [-0.3, -0.25) is 19.8 Å². The number of thiazole rings is 1. The highest BCUT2D eigenvalue weighted by atomic mass is 35.5. The van der Waals surface area contributed by atoms with Crippen LogP contribution in [0.25, 0.3) is 6.08 Å². The van der Waals surface area contributed by atoms with Crippen LogP contribution in [0.1, 0.15) is 16.0 Å². The van der Waals surface area contributed by atoms with Crippen molar-refractivity contribution in [1.29, 1.82) is 0 Å². The number of halogens is 1. The first-order chi connectivity index (χ1) is 17.5. The van der Waals surface area contributed by atoms with Gasteiger partial charge in [0.15, 0.2) is 5.17 Å². The van der Waals surface area contributed by atoms with Crippen molar-refractivity contribution < 1.29 is 9.72 Å². The molecule has 2 heterocycles. The number of nitro benzene ring substituents is 1. The summed E-state index contributed by atoms with van der Waals surface area (Å²) < 4.78 is 0. The Balaban J connectivity index is 1.46. The molecule has 0 saturated carbocycles. The summed E-state index contributed by atoms with van der Waals surface area (Å²) in [6.45, 7) is 0. The van der Waals surface area contributed by atoms with E-state index in [0.29, 0.717) is 37.9 Å².